The maximum absolute atomic E-state index is 12.6. The van der Waals surface area contributed by atoms with Gasteiger partial charge in [-0.2, -0.15) is 13.2 Å². The van der Waals surface area contributed by atoms with Crippen molar-refractivity contribution in [1.29, 1.82) is 0 Å². The van der Waals surface area contributed by atoms with Gasteiger partial charge in [0.15, 0.2) is 0 Å². The lowest BCUT2D eigenvalue weighted by atomic mass is 10.3. The van der Waals surface area contributed by atoms with Gasteiger partial charge in [0.2, 0.25) is 0 Å². The molecule has 0 aliphatic carbocycles. The third-order valence-corrected chi connectivity index (χ3v) is 2.34. The summed E-state index contributed by atoms with van der Waals surface area (Å²) in [4.78, 5) is 23.0. The van der Waals surface area contributed by atoms with Crippen molar-refractivity contribution in [3.8, 4) is 0 Å². The van der Waals surface area contributed by atoms with E-state index in [9.17, 15) is 22.8 Å². The second-order valence-corrected chi connectivity index (χ2v) is 3.39. The first kappa shape index (κ1) is 13.5. The van der Waals surface area contributed by atoms with Gasteiger partial charge in [0.1, 0.15) is 6.04 Å². The van der Waals surface area contributed by atoms with E-state index in [-0.39, 0.29) is 11.1 Å². The van der Waals surface area contributed by atoms with E-state index in [2.05, 4.69) is 0 Å². The van der Waals surface area contributed by atoms with Crippen LogP contribution in [0.25, 0.3) is 0 Å². The largest absolute Gasteiger partial charge is 0.410 e. The van der Waals surface area contributed by atoms with Gasteiger partial charge in [-0.3, -0.25) is 4.79 Å². The van der Waals surface area contributed by atoms with E-state index in [1.54, 1.807) is 6.92 Å². The molecule has 17 heavy (non-hydrogen) atoms. The van der Waals surface area contributed by atoms with Crippen LogP contribution in [-0.2, 0) is 6.54 Å². The van der Waals surface area contributed by atoms with Crippen LogP contribution in [0.4, 0.5) is 13.2 Å². The molecule has 1 rings (SSSR count). The SMILES string of the molecule is CCn1ccc(=O)n(C(CN)C(F)(F)F)c1=O. The Hall–Kier alpha value is -1.57. The summed E-state index contributed by atoms with van der Waals surface area (Å²) in [6, 6.07) is -1.37. The van der Waals surface area contributed by atoms with E-state index in [4.69, 9.17) is 5.73 Å². The zero-order chi connectivity index (χ0) is 13.2. The van der Waals surface area contributed by atoms with Crippen molar-refractivity contribution in [2.45, 2.75) is 25.7 Å². The average molecular weight is 251 g/mol. The summed E-state index contributed by atoms with van der Waals surface area (Å²) in [7, 11) is 0. The number of aryl methyl sites for hydroxylation is 1. The van der Waals surface area contributed by atoms with Crippen LogP contribution in [0, 0.1) is 0 Å². The number of halogens is 3. The molecule has 0 aliphatic rings. The Morgan fingerprint density at radius 1 is 1.41 bits per heavy atom. The first-order valence-corrected chi connectivity index (χ1v) is 4.91. The van der Waals surface area contributed by atoms with E-state index in [1.807, 2.05) is 0 Å². The number of hydrogen-bond donors (Lipinski definition) is 1. The molecule has 1 unspecified atom stereocenters. The number of alkyl halides is 3. The molecular formula is C9H12F3N3O2. The van der Waals surface area contributed by atoms with Crippen LogP contribution in [0.15, 0.2) is 21.9 Å². The minimum absolute atomic E-state index is 0.142. The summed E-state index contributed by atoms with van der Waals surface area (Å²) in [6.45, 7) is 0.905. The van der Waals surface area contributed by atoms with Crippen LogP contribution < -0.4 is 17.0 Å². The zero-order valence-corrected chi connectivity index (χ0v) is 9.07. The Balaban J connectivity index is 3.49. The molecule has 1 aromatic heterocycles. The Kier molecular flexibility index (Phi) is 3.76. The fourth-order valence-corrected chi connectivity index (χ4v) is 1.44. The van der Waals surface area contributed by atoms with Crippen molar-refractivity contribution in [3.63, 3.8) is 0 Å². The highest BCUT2D eigenvalue weighted by molar-refractivity contribution is 4.91. The van der Waals surface area contributed by atoms with Gasteiger partial charge in [-0.25, -0.2) is 9.36 Å². The molecule has 0 aromatic carbocycles. The first-order valence-electron chi connectivity index (χ1n) is 4.91. The van der Waals surface area contributed by atoms with Crippen molar-refractivity contribution in [1.82, 2.24) is 9.13 Å². The van der Waals surface area contributed by atoms with Crippen LogP contribution >= 0.6 is 0 Å². The summed E-state index contributed by atoms with van der Waals surface area (Å²) in [5.74, 6) is 0. The van der Waals surface area contributed by atoms with Gasteiger partial charge in [-0.05, 0) is 6.92 Å². The molecule has 0 fully saturated rings. The Morgan fingerprint density at radius 2 is 2.00 bits per heavy atom. The summed E-state index contributed by atoms with van der Waals surface area (Å²) >= 11 is 0. The van der Waals surface area contributed by atoms with Crippen molar-refractivity contribution in [2.24, 2.45) is 5.73 Å². The van der Waals surface area contributed by atoms with E-state index in [0.717, 1.165) is 16.8 Å². The number of nitrogens with two attached hydrogens (primary N) is 1. The Morgan fingerprint density at radius 3 is 2.41 bits per heavy atom. The van der Waals surface area contributed by atoms with E-state index in [1.165, 1.54) is 0 Å². The number of rotatable bonds is 3. The third kappa shape index (κ3) is 2.57. The van der Waals surface area contributed by atoms with Gasteiger partial charge in [-0.15, -0.1) is 0 Å². The van der Waals surface area contributed by atoms with Gasteiger partial charge in [0.05, 0.1) is 0 Å². The molecule has 1 heterocycles. The highest BCUT2D eigenvalue weighted by Gasteiger charge is 2.41. The summed E-state index contributed by atoms with van der Waals surface area (Å²) in [5.41, 5.74) is 2.98. The monoisotopic (exact) mass is 251 g/mol. The fourth-order valence-electron chi connectivity index (χ4n) is 1.44. The van der Waals surface area contributed by atoms with Crippen molar-refractivity contribution < 1.29 is 13.2 Å². The van der Waals surface area contributed by atoms with Gasteiger partial charge in [-0.1, -0.05) is 0 Å². The average Bonchev–Trinajstić information content (AvgIpc) is 2.22. The summed E-state index contributed by atoms with van der Waals surface area (Å²) in [6.07, 6.45) is -3.57. The van der Waals surface area contributed by atoms with Gasteiger partial charge >= 0.3 is 11.9 Å². The lowest BCUT2D eigenvalue weighted by Crippen LogP contribution is -2.48. The Bertz CT molecular complexity index is 503. The molecule has 0 spiro atoms. The van der Waals surface area contributed by atoms with Gasteiger partial charge < -0.3 is 10.3 Å². The minimum atomic E-state index is -4.73. The topological polar surface area (TPSA) is 70.0 Å². The summed E-state index contributed by atoms with van der Waals surface area (Å²) < 4.78 is 39.0. The van der Waals surface area contributed by atoms with Crippen molar-refractivity contribution in [2.75, 3.05) is 6.54 Å². The molecule has 2 N–H and O–H groups in total. The molecule has 0 bridgehead atoms. The second kappa shape index (κ2) is 4.74. The molecule has 1 atom stereocenters. The van der Waals surface area contributed by atoms with Crippen LogP contribution in [-0.4, -0.2) is 21.9 Å². The minimum Gasteiger partial charge on any atom is -0.328 e. The van der Waals surface area contributed by atoms with Crippen LogP contribution in [0.2, 0.25) is 0 Å². The number of nitrogens with zero attached hydrogens (tertiary/aromatic N) is 2. The molecule has 0 saturated carbocycles. The normalized spacial score (nSPS) is 13.7. The van der Waals surface area contributed by atoms with Crippen molar-refractivity contribution in [3.05, 3.63) is 33.1 Å². The van der Waals surface area contributed by atoms with E-state index in [0.29, 0.717) is 0 Å². The molecule has 5 nitrogen and oxygen atoms in total. The van der Waals surface area contributed by atoms with E-state index >= 15 is 0 Å². The van der Waals surface area contributed by atoms with Gasteiger partial charge in [0, 0.05) is 25.4 Å². The van der Waals surface area contributed by atoms with Crippen LogP contribution in [0.3, 0.4) is 0 Å². The van der Waals surface area contributed by atoms with Crippen LogP contribution in [0.5, 0.6) is 0 Å². The molecule has 8 heteroatoms. The van der Waals surface area contributed by atoms with Crippen LogP contribution in [0.1, 0.15) is 13.0 Å². The quantitative estimate of drug-likeness (QED) is 0.827. The van der Waals surface area contributed by atoms with Gasteiger partial charge in [0.25, 0.3) is 5.56 Å². The van der Waals surface area contributed by atoms with E-state index < -0.39 is 30.0 Å². The number of hydrogen-bond acceptors (Lipinski definition) is 3. The lowest BCUT2D eigenvalue weighted by Gasteiger charge is -2.20. The molecule has 1 aromatic rings. The maximum atomic E-state index is 12.6. The number of aromatic nitrogens is 2. The molecular weight excluding hydrogens is 239 g/mol. The molecule has 0 amide bonds. The lowest BCUT2D eigenvalue weighted by molar-refractivity contribution is -0.166. The molecule has 96 valence electrons. The molecule has 0 radical (unpaired) electrons. The first-order chi connectivity index (χ1) is 7.82. The second-order valence-electron chi connectivity index (χ2n) is 3.39. The van der Waals surface area contributed by atoms with Crippen molar-refractivity contribution >= 4 is 0 Å². The Labute approximate surface area is 94.3 Å². The maximum Gasteiger partial charge on any atom is 0.410 e. The zero-order valence-electron chi connectivity index (χ0n) is 9.07. The predicted molar refractivity (Wildman–Crippen MR) is 54.8 cm³/mol. The predicted octanol–water partition coefficient (Wildman–Crippen LogP) is 0.0920. The third-order valence-electron chi connectivity index (χ3n) is 2.34. The smallest absolute Gasteiger partial charge is 0.328 e. The highest BCUT2D eigenvalue weighted by Crippen LogP contribution is 2.27. The fraction of sp³-hybridized carbons (Fsp3) is 0.556. The standard InChI is InChI=1S/C9H12F3N3O2/c1-2-14-4-3-7(16)15(8(14)17)6(5-13)9(10,11)12/h3-4,6H,2,5,13H2,1H3. The molecule has 0 saturated heterocycles. The molecule has 0 aliphatic heterocycles. The highest BCUT2D eigenvalue weighted by atomic mass is 19.4. The summed E-state index contributed by atoms with van der Waals surface area (Å²) in [5, 5.41) is 0.